The highest BCUT2D eigenvalue weighted by Gasteiger charge is 2.20. The first-order chi connectivity index (χ1) is 9.50. The van der Waals surface area contributed by atoms with E-state index >= 15 is 0 Å². The van der Waals surface area contributed by atoms with Crippen molar-refractivity contribution in [3.63, 3.8) is 0 Å². The fraction of sp³-hybridized carbons (Fsp3) is 0.357. The standard InChI is InChI=1S/C14H19N5O/c1-8(2)12-11(15)13(19-18-12)14(20)17-9(3)10-4-6-16-7-5-10/h4-9H,15H2,1-3H3,(H,17,20)(H,18,19). The molecular formula is C14H19N5O. The summed E-state index contributed by atoms with van der Waals surface area (Å²) in [6.45, 7) is 5.88. The molecular weight excluding hydrogens is 254 g/mol. The Morgan fingerprint density at radius 3 is 2.50 bits per heavy atom. The van der Waals surface area contributed by atoms with Crippen molar-refractivity contribution in [3.8, 4) is 0 Å². The molecule has 1 amide bonds. The van der Waals surface area contributed by atoms with Gasteiger partial charge < -0.3 is 11.1 Å². The van der Waals surface area contributed by atoms with E-state index in [1.54, 1.807) is 12.4 Å². The zero-order valence-electron chi connectivity index (χ0n) is 11.8. The number of anilines is 1. The van der Waals surface area contributed by atoms with Gasteiger partial charge in [0.2, 0.25) is 0 Å². The fourth-order valence-electron chi connectivity index (χ4n) is 1.98. The fourth-order valence-corrected chi connectivity index (χ4v) is 1.98. The summed E-state index contributed by atoms with van der Waals surface area (Å²) in [4.78, 5) is 16.1. The van der Waals surface area contributed by atoms with E-state index in [1.165, 1.54) is 0 Å². The molecule has 0 aliphatic carbocycles. The number of hydrogen-bond acceptors (Lipinski definition) is 4. The Hall–Kier alpha value is -2.37. The quantitative estimate of drug-likeness (QED) is 0.793. The summed E-state index contributed by atoms with van der Waals surface area (Å²) in [5.41, 5.74) is 8.38. The van der Waals surface area contributed by atoms with Crippen molar-refractivity contribution in [2.24, 2.45) is 0 Å². The molecule has 0 aliphatic rings. The van der Waals surface area contributed by atoms with Crippen LogP contribution in [0.15, 0.2) is 24.5 Å². The molecule has 20 heavy (non-hydrogen) atoms. The first kappa shape index (κ1) is 14.0. The Bertz CT molecular complexity index is 591. The smallest absolute Gasteiger partial charge is 0.274 e. The molecule has 6 nitrogen and oxygen atoms in total. The van der Waals surface area contributed by atoms with Crippen molar-refractivity contribution in [1.82, 2.24) is 20.5 Å². The van der Waals surface area contributed by atoms with Crippen molar-refractivity contribution < 1.29 is 4.79 Å². The molecule has 0 saturated heterocycles. The van der Waals surface area contributed by atoms with Crippen molar-refractivity contribution in [3.05, 3.63) is 41.5 Å². The van der Waals surface area contributed by atoms with Gasteiger partial charge in [0.05, 0.1) is 17.4 Å². The predicted molar refractivity (Wildman–Crippen MR) is 77.2 cm³/mol. The molecule has 0 saturated carbocycles. The van der Waals surface area contributed by atoms with Crippen molar-refractivity contribution in [2.75, 3.05) is 5.73 Å². The van der Waals surface area contributed by atoms with Gasteiger partial charge in [-0.05, 0) is 30.5 Å². The summed E-state index contributed by atoms with van der Waals surface area (Å²) in [5.74, 6) is -0.0865. The number of nitrogens with zero attached hydrogens (tertiary/aromatic N) is 2. The number of amides is 1. The molecule has 2 heterocycles. The lowest BCUT2D eigenvalue weighted by Gasteiger charge is -2.13. The lowest BCUT2D eigenvalue weighted by molar-refractivity contribution is 0.0935. The molecule has 0 bridgehead atoms. The second kappa shape index (κ2) is 5.73. The first-order valence-corrected chi connectivity index (χ1v) is 6.55. The molecule has 0 fully saturated rings. The molecule has 4 N–H and O–H groups in total. The summed E-state index contributed by atoms with van der Waals surface area (Å²) in [7, 11) is 0. The van der Waals surface area contributed by atoms with Crippen molar-refractivity contribution in [2.45, 2.75) is 32.7 Å². The third-order valence-corrected chi connectivity index (χ3v) is 3.18. The monoisotopic (exact) mass is 273 g/mol. The Labute approximate surface area is 117 Å². The lowest BCUT2D eigenvalue weighted by Crippen LogP contribution is -2.27. The van der Waals surface area contributed by atoms with Crippen LogP contribution in [-0.4, -0.2) is 21.1 Å². The molecule has 1 unspecified atom stereocenters. The molecule has 2 aromatic rings. The minimum Gasteiger partial charge on any atom is -0.395 e. The van der Waals surface area contributed by atoms with Crippen LogP contribution >= 0.6 is 0 Å². The van der Waals surface area contributed by atoms with Crippen LogP contribution in [0.3, 0.4) is 0 Å². The van der Waals surface area contributed by atoms with Crippen LogP contribution in [0.4, 0.5) is 5.69 Å². The minimum absolute atomic E-state index is 0.135. The minimum atomic E-state index is -0.282. The van der Waals surface area contributed by atoms with E-state index in [0.717, 1.165) is 11.3 Å². The Morgan fingerprint density at radius 2 is 1.95 bits per heavy atom. The number of aromatic nitrogens is 3. The van der Waals surface area contributed by atoms with Gasteiger partial charge in [0.1, 0.15) is 0 Å². The number of hydrogen-bond donors (Lipinski definition) is 3. The number of pyridine rings is 1. The largest absolute Gasteiger partial charge is 0.395 e. The van der Waals surface area contributed by atoms with E-state index < -0.39 is 0 Å². The number of nitrogens with one attached hydrogen (secondary N) is 2. The number of rotatable bonds is 4. The average molecular weight is 273 g/mol. The second-order valence-corrected chi connectivity index (χ2v) is 5.03. The van der Waals surface area contributed by atoms with Gasteiger partial charge in [0.15, 0.2) is 5.69 Å². The van der Waals surface area contributed by atoms with Crippen LogP contribution in [0.25, 0.3) is 0 Å². The van der Waals surface area contributed by atoms with Crippen molar-refractivity contribution in [1.29, 1.82) is 0 Å². The summed E-state index contributed by atoms with van der Waals surface area (Å²) in [5, 5.41) is 9.71. The highest BCUT2D eigenvalue weighted by atomic mass is 16.2. The lowest BCUT2D eigenvalue weighted by atomic mass is 10.1. The number of carbonyl (C=O) groups is 1. The normalized spacial score (nSPS) is 12.4. The summed E-state index contributed by atoms with van der Waals surface area (Å²) in [6, 6.07) is 3.58. The number of carbonyl (C=O) groups excluding carboxylic acids is 1. The maximum atomic E-state index is 12.2. The highest BCUT2D eigenvalue weighted by Crippen LogP contribution is 2.22. The van der Waals surface area contributed by atoms with Gasteiger partial charge in [-0.2, -0.15) is 5.10 Å². The van der Waals surface area contributed by atoms with Gasteiger partial charge in [-0.15, -0.1) is 0 Å². The van der Waals surface area contributed by atoms with Crippen LogP contribution in [0.5, 0.6) is 0 Å². The van der Waals surface area contributed by atoms with E-state index in [-0.39, 0.29) is 23.6 Å². The molecule has 2 aromatic heterocycles. The number of H-pyrrole nitrogens is 1. The molecule has 6 heteroatoms. The summed E-state index contributed by atoms with van der Waals surface area (Å²) in [6.07, 6.45) is 3.38. The maximum absolute atomic E-state index is 12.2. The third kappa shape index (κ3) is 2.79. The van der Waals surface area contributed by atoms with Gasteiger partial charge in [-0.1, -0.05) is 13.8 Å². The van der Waals surface area contributed by atoms with E-state index in [4.69, 9.17) is 5.73 Å². The van der Waals surface area contributed by atoms with Crippen molar-refractivity contribution >= 4 is 11.6 Å². The summed E-state index contributed by atoms with van der Waals surface area (Å²) < 4.78 is 0. The topological polar surface area (TPSA) is 96.7 Å². The third-order valence-electron chi connectivity index (χ3n) is 3.18. The van der Waals surface area contributed by atoms with Crippen LogP contribution in [-0.2, 0) is 0 Å². The van der Waals surface area contributed by atoms with E-state index in [2.05, 4.69) is 20.5 Å². The van der Waals surface area contributed by atoms with Gasteiger partial charge >= 0.3 is 0 Å². The molecule has 2 rings (SSSR count). The molecule has 0 spiro atoms. The maximum Gasteiger partial charge on any atom is 0.274 e. The van der Waals surface area contributed by atoms with E-state index in [9.17, 15) is 4.79 Å². The number of nitrogen functional groups attached to an aromatic ring is 1. The van der Waals surface area contributed by atoms with Crippen LogP contribution in [0.2, 0.25) is 0 Å². The first-order valence-electron chi connectivity index (χ1n) is 6.55. The van der Waals surface area contributed by atoms with Gasteiger partial charge in [-0.25, -0.2) is 0 Å². The molecule has 0 aliphatic heterocycles. The number of nitrogens with two attached hydrogens (primary N) is 1. The average Bonchev–Trinajstić information content (AvgIpc) is 2.81. The highest BCUT2D eigenvalue weighted by molar-refractivity contribution is 5.97. The van der Waals surface area contributed by atoms with Crippen LogP contribution < -0.4 is 11.1 Å². The number of aromatic amines is 1. The molecule has 106 valence electrons. The van der Waals surface area contributed by atoms with E-state index in [0.29, 0.717) is 5.69 Å². The SMILES string of the molecule is CC(C)c1[nH]nc(C(=O)NC(C)c2ccncc2)c1N. The molecule has 1 atom stereocenters. The Kier molecular flexibility index (Phi) is 4.02. The zero-order chi connectivity index (χ0) is 14.7. The predicted octanol–water partition coefficient (Wildman–Crippen LogP) is 2.00. The van der Waals surface area contributed by atoms with Crippen LogP contribution in [0, 0.1) is 0 Å². The molecule has 0 aromatic carbocycles. The Balaban J connectivity index is 2.13. The van der Waals surface area contributed by atoms with Gasteiger partial charge in [0.25, 0.3) is 5.91 Å². The Morgan fingerprint density at radius 1 is 1.30 bits per heavy atom. The van der Waals surface area contributed by atoms with Gasteiger partial charge in [-0.3, -0.25) is 14.9 Å². The van der Waals surface area contributed by atoms with E-state index in [1.807, 2.05) is 32.9 Å². The summed E-state index contributed by atoms with van der Waals surface area (Å²) >= 11 is 0. The van der Waals surface area contributed by atoms with Crippen LogP contribution in [0.1, 0.15) is 54.5 Å². The zero-order valence-corrected chi connectivity index (χ0v) is 11.8. The van der Waals surface area contributed by atoms with Gasteiger partial charge in [0, 0.05) is 12.4 Å². The second-order valence-electron chi connectivity index (χ2n) is 5.03. The molecule has 0 radical (unpaired) electrons.